The van der Waals surface area contributed by atoms with Gasteiger partial charge in [0, 0.05) is 76.4 Å². The van der Waals surface area contributed by atoms with Crippen LogP contribution in [0.25, 0.3) is 0 Å². The van der Waals surface area contributed by atoms with E-state index in [1.54, 1.807) is 12.1 Å². The van der Waals surface area contributed by atoms with Crippen molar-refractivity contribution in [3.63, 3.8) is 0 Å². The highest BCUT2D eigenvalue weighted by Gasteiger charge is 2.23. The molecule has 35 heavy (non-hydrogen) atoms. The van der Waals surface area contributed by atoms with Crippen LogP contribution in [0, 0.1) is 0 Å². The molecule has 1 fully saturated rings. The average Bonchev–Trinajstić information content (AvgIpc) is 2.88. The average molecular weight is 513 g/mol. The van der Waals surface area contributed by atoms with Crippen molar-refractivity contribution in [1.82, 2.24) is 9.29 Å². The number of rotatable bonds is 9. The maximum Gasteiger partial charge on any atom is 0.244 e. The first-order valence-corrected chi connectivity index (χ1v) is 13.4. The van der Waals surface area contributed by atoms with Crippen LogP contribution >= 0.6 is 11.6 Å². The summed E-state index contributed by atoms with van der Waals surface area (Å²) in [6, 6.07) is 18.4. The standard InChI is InChI=1S/C26H29ClN4O3S/c1-29(35(33,34)26-5-3-2-4-25(26)27)15-12-24(32)20-21-6-8-22(9-7-21)30-16-18-31(19-17-30)23-10-13-28-14-11-23/h2-11,13-14H,12,15-20H2,1H3. The van der Waals surface area contributed by atoms with Crippen molar-refractivity contribution >= 4 is 38.8 Å². The summed E-state index contributed by atoms with van der Waals surface area (Å²) in [4.78, 5) is 21.4. The lowest BCUT2D eigenvalue weighted by Gasteiger charge is -2.37. The number of pyridine rings is 1. The molecule has 0 N–H and O–H groups in total. The number of hydrogen-bond acceptors (Lipinski definition) is 6. The van der Waals surface area contributed by atoms with Gasteiger partial charge in [-0.25, -0.2) is 12.7 Å². The van der Waals surface area contributed by atoms with E-state index < -0.39 is 10.0 Å². The number of benzene rings is 2. The SMILES string of the molecule is CN(CCC(=O)Cc1ccc(N2CCN(c3ccncc3)CC2)cc1)S(=O)(=O)c1ccccc1Cl. The van der Waals surface area contributed by atoms with Crippen molar-refractivity contribution in [3.8, 4) is 0 Å². The Morgan fingerprint density at radius 3 is 2.09 bits per heavy atom. The van der Waals surface area contributed by atoms with Crippen molar-refractivity contribution < 1.29 is 13.2 Å². The van der Waals surface area contributed by atoms with Gasteiger partial charge in [-0.3, -0.25) is 9.78 Å². The number of nitrogens with zero attached hydrogens (tertiary/aromatic N) is 4. The molecule has 0 bridgehead atoms. The number of aromatic nitrogens is 1. The number of carbonyl (C=O) groups excluding carboxylic acids is 1. The van der Waals surface area contributed by atoms with E-state index >= 15 is 0 Å². The molecule has 1 aromatic heterocycles. The van der Waals surface area contributed by atoms with E-state index in [-0.39, 0.29) is 35.1 Å². The summed E-state index contributed by atoms with van der Waals surface area (Å²) in [5.74, 6) is -0.00933. The quantitative estimate of drug-likeness (QED) is 0.433. The first kappa shape index (κ1) is 25.2. The molecule has 1 saturated heterocycles. The maximum absolute atomic E-state index is 12.7. The molecule has 9 heteroatoms. The number of Topliss-reactive ketones (excluding diaryl/α,β-unsaturated/α-hetero) is 1. The number of ketones is 1. The zero-order valence-corrected chi connectivity index (χ0v) is 21.3. The number of anilines is 2. The summed E-state index contributed by atoms with van der Waals surface area (Å²) in [6.45, 7) is 3.83. The van der Waals surface area contributed by atoms with Crippen LogP contribution in [-0.2, 0) is 21.2 Å². The molecule has 0 radical (unpaired) electrons. The first-order valence-electron chi connectivity index (χ1n) is 11.6. The summed E-state index contributed by atoms with van der Waals surface area (Å²) < 4.78 is 26.6. The lowest BCUT2D eigenvalue weighted by Crippen LogP contribution is -2.46. The minimum Gasteiger partial charge on any atom is -0.368 e. The summed E-state index contributed by atoms with van der Waals surface area (Å²) in [7, 11) is -2.27. The van der Waals surface area contributed by atoms with Gasteiger partial charge < -0.3 is 9.80 Å². The smallest absolute Gasteiger partial charge is 0.244 e. The number of sulfonamides is 1. The predicted octanol–water partition coefficient (Wildman–Crippen LogP) is 3.88. The van der Waals surface area contributed by atoms with Crippen molar-refractivity contribution in [2.75, 3.05) is 49.6 Å². The van der Waals surface area contributed by atoms with E-state index in [1.807, 2.05) is 36.7 Å². The molecule has 0 aliphatic carbocycles. The van der Waals surface area contributed by atoms with Gasteiger partial charge in [0.15, 0.2) is 0 Å². The summed E-state index contributed by atoms with van der Waals surface area (Å²) >= 11 is 6.05. The van der Waals surface area contributed by atoms with Crippen molar-refractivity contribution in [2.45, 2.75) is 17.7 Å². The van der Waals surface area contributed by atoms with Gasteiger partial charge in [-0.05, 0) is 42.0 Å². The minimum absolute atomic E-state index is 0.00933. The second-order valence-electron chi connectivity index (χ2n) is 8.57. The lowest BCUT2D eigenvalue weighted by atomic mass is 10.1. The monoisotopic (exact) mass is 512 g/mol. The second kappa shape index (κ2) is 11.2. The third kappa shape index (κ3) is 6.20. The zero-order chi connectivity index (χ0) is 24.8. The Morgan fingerprint density at radius 1 is 0.914 bits per heavy atom. The number of halogens is 1. The Balaban J connectivity index is 1.26. The number of carbonyl (C=O) groups is 1. The second-order valence-corrected chi connectivity index (χ2v) is 11.0. The molecule has 0 amide bonds. The molecule has 3 aromatic rings. The van der Waals surface area contributed by atoms with E-state index in [2.05, 4.69) is 26.9 Å². The van der Waals surface area contributed by atoms with Gasteiger partial charge in [-0.15, -0.1) is 0 Å². The summed E-state index contributed by atoms with van der Waals surface area (Å²) in [5.41, 5.74) is 3.26. The van der Waals surface area contributed by atoms with Crippen molar-refractivity contribution in [3.05, 3.63) is 83.6 Å². The fourth-order valence-electron chi connectivity index (χ4n) is 4.14. The van der Waals surface area contributed by atoms with Crippen LogP contribution in [0.3, 0.4) is 0 Å². The van der Waals surface area contributed by atoms with Crippen LogP contribution in [0.5, 0.6) is 0 Å². The van der Waals surface area contributed by atoms with Gasteiger partial charge in [-0.2, -0.15) is 0 Å². The molecule has 2 heterocycles. The first-order chi connectivity index (χ1) is 16.8. The van der Waals surface area contributed by atoms with Gasteiger partial charge >= 0.3 is 0 Å². The Morgan fingerprint density at radius 2 is 1.49 bits per heavy atom. The Hall–Kier alpha value is -2.94. The summed E-state index contributed by atoms with van der Waals surface area (Å²) in [5, 5.41) is 0.171. The highest BCUT2D eigenvalue weighted by atomic mass is 35.5. The molecule has 7 nitrogen and oxygen atoms in total. The predicted molar refractivity (Wildman–Crippen MR) is 140 cm³/mol. The molecule has 0 saturated carbocycles. The van der Waals surface area contributed by atoms with Gasteiger partial charge in [0.1, 0.15) is 10.7 Å². The highest BCUT2D eigenvalue weighted by molar-refractivity contribution is 7.89. The van der Waals surface area contributed by atoms with Gasteiger partial charge in [0.2, 0.25) is 10.0 Å². The van der Waals surface area contributed by atoms with E-state index in [1.165, 1.54) is 29.2 Å². The molecule has 0 unspecified atom stereocenters. The maximum atomic E-state index is 12.7. The lowest BCUT2D eigenvalue weighted by molar-refractivity contribution is -0.118. The highest BCUT2D eigenvalue weighted by Crippen LogP contribution is 2.24. The summed E-state index contributed by atoms with van der Waals surface area (Å²) in [6.07, 6.45) is 4.05. The van der Waals surface area contributed by atoms with E-state index in [0.717, 1.165) is 37.4 Å². The molecule has 1 aliphatic heterocycles. The van der Waals surface area contributed by atoms with Crippen LogP contribution in [-0.4, -0.2) is 63.3 Å². The van der Waals surface area contributed by atoms with Crippen LogP contribution < -0.4 is 9.80 Å². The molecule has 4 rings (SSSR count). The molecule has 0 spiro atoms. The van der Waals surface area contributed by atoms with Gasteiger partial charge in [0.25, 0.3) is 0 Å². The van der Waals surface area contributed by atoms with Crippen LogP contribution in [0.2, 0.25) is 5.02 Å². The van der Waals surface area contributed by atoms with Crippen LogP contribution in [0.15, 0.2) is 78.0 Å². The Bertz CT molecular complexity index is 1250. The molecule has 2 aromatic carbocycles. The molecular weight excluding hydrogens is 484 g/mol. The fourth-order valence-corrected chi connectivity index (χ4v) is 5.80. The Labute approximate surface area is 212 Å². The number of piperazine rings is 1. The number of hydrogen-bond donors (Lipinski definition) is 0. The third-order valence-corrected chi connectivity index (χ3v) is 8.60. The normalized spacial score (nSPS) is 14.4. The topological polar surface area (TPSA) is 73.8 Å². The molecule has 1 aliphatic rings. The third-order valence-electron chi connectivity index (χ3n) is 6.24. The van der Waals surface area contributed by atoms with Crippen LogP contribution in [0.1, 0.15) is 12.0 Å². The zero-order valence-electron chi connectivity index (χ0n) is 19.7. The van der Waals surface area contributed by atoms with Gasteiger partial charge in [0.05, 0.1) is 5.02 Å². The largest absolute Gasteiger partial charge is 0.368 e. The molecular formula is C26H29ClN4O3S. The van der Waals surface area contributed by atoms with Crippen LogP contribution in [0.4, 0.5) is 11.4 Å². The molecule has 0 atom stereocenters. The molecule has 184 valence electrons. The van der Waals surface area contributed by atoms with Gasteiger partial charge in [-0.1, -0.05) is 35.9 Å². The van der Waals surface area contributed by atoms with E-state index in [0.29, 0.717) is 0 Å². The fraction of sp³-hybridized carbons (Fsp3) is 0.308. The van der Waals surface area contributed by atoms with E-state index in [4.69, 9.17) is 11.6 Å². The Kier molecular flexibility index (Phi) is 8.05. The van der Waals surface area contributed by atoms with Crippen molar-refractivity contribution in [1.29, 1.82) is 0 Å². The van der Waals surface area contributed by atoms with E-state index in [9.17, 15) is 13.2 Å². The minimum atomic E-state index is -3.74. The van der Waals surface area contributed by atoms with Crippen molar-refractivity contribution in [2.24, 2.45) is 0 Å².